The molecule has 1 N–H and O–H groups in total. The van der Waals surface area contributed by atoms with Crippen molar-refractivity contribution >= 4 is 46.2 Å². The second-order valence-corrected chi connectivity index (χ2v) is 7.99. The van der Waals surface area contributed by atoms with Gasteiger partial charge in [0.15, 0.2) is 5.11 Å². The molecule has 28 heavy (non-hydrogen) atoms. The minimum Gasteiger partial charge on any atom is -0.379 e. The lowest BCUT2D eigenvalue weighted by Crippen LogP contribution is -2.40. The summed E-state index contributed by atoms with van der Waals surface area (Å²) in [5, 5.41) is 5.47. The maximum absolute atomic E-state index is 6.38. The first kappa shape index (κ1) is 21.3. The highest BCUT2D eigenvalue weighted by Gasteiger charge is 2.15. The van der Waals surface area contributed by atoms with E-state index in [1.54, 1.807) is 0 Å². The Kier molecular flexibility index (Phi) is 8.37. The summed E-state index contributed by atoms with van der Waals surface area (Å²) in [6.07, 6.45) is 1.02. The highest BCUT2D eigenvalue weighted by molar-refractivity contribution is 7.80. The number of benzene rings is 2. The van der Waals surface area contributed by atoms with Crippen LogP contribution < -0.4 is 5.32 Å². The Balaban J connectivity index is 1.63. The van der Waals surface area contributed by atoms with E-state index in [0.717, 1.165) is 62.1 Å². The molecule has 1 saturated heterocycles. The minimum absolute atomic E-state index is 0.669. The van der Waals surface area contributed by atoms with E-state index in [-0.39, 0.29) is 0 Å². The quantitative estimate of drug-likeness (QED) is 0.620. The fourth-order valence-electron chi connectivity index (χ4n) is 3.13. The third-order valence-corrected chi connectivity index (χ3v) is 5.69. The first-order valence-electron chi connectivity index (χ1n) is 9.47. The van der Waals surface area contributed by atoms with E-state index in [2.05, 4.69) is 15.1 Å². The number of nitrogens with zero attached hydrogens (tertiary/aromatic N) is 2. The largest absolute Gasteiger partial charge is 0.379 e. The maximum atomic E-state index is 6.38. The summed E-state index contributed by atoms with van der Waals surface area (Å²) in [5.41, 5.74) is 1.99. The zero-order chi connectivity index (χ0) is 19.8. The maximum Gasteiger partial charge on any atom is 0.173 e. The molecule has 0 radical (unpaired) electrons. The van der Waals surface area contributed by atoms with Crippen molar-refractivity contribution in [3.05, 3.63) is 64.1 Å². The Hall–Kier alpha value is -1.37. The predicted molar refractivity (Wildman–Crippen MR) is 121 cm³/mol. The molecule has 0 aliphatic carbocycles. The standard InChI is InChI=1S/C21H25Cl2N3OS/c22-18-6-8-19(9-7-18)24-21(28)26(16-17-4-1-2-5-20(17)23)11-3-10-25-12-14-27-15-13-25/h1-2,4-9H,3,10-16H2,(H,24,28). The van der Waals surface area contributed by atoms with Gasteiger partial charge in [-0.15, -0.1) is 0 Å². The summed E-state index contributed by atoms with van der Waals surface area (Å²) in [7, 11) is 0. The molecule has 3 rings (SSSR count). The first-order chi connectivity index (χ1) is 13.6. The molecule has 0 amide bonds. The number of nitrogens with one attached hydrogen (secondary N) is 1. The van der Waals surface area contributed by atoms with Crippen molar-refractivity contribution in [1.82, 2.24) is 9.80 Å². The van der Waals surface area contributed by atoms with Gasteiger partial charge in [0.1, 0.15) is 0 Å². The van der Waals surface area contributed by atoms with Crippen LogP contribution in [0.25, 0.3) is 0 Å². The number of rotatable bonds is 7. The number of halogens is 2. The van der Waals surface area contributed by atoms with Crippen LogP contribution in [0.4, 0.5) is 5.69 Å². The van der Waals surface area contributed by atoms with Gasteiger partial charge in [-0.2, -0.15) is 0 Å². The SMILES string of the molecule is S=C(Nc1ccc(Cl)cc1)N(CCCN1CCOCC1)Cc1ccccc1Cl. The second-order valence-electron chi connectivity index (χ2n) is 6.76. The smallest absolute Gasteiger partial charge is 0.173 e. The minimum atomic E-state index is 0.669. The van der Waals surface area contributed by atoms with Crippen LogP contribution >= 0.6 is 35.4 Å². The van der Waals surface area contributed by atoms with Gasteiger partial charge in [-0.1, -0.05) is 41.4 Å². The Bertz CT molecular complexity index is 767. The molecule has 0 unspecified atom stereocenters. The van der Waals surface area contributed by atoms with Crippen molar-refractivity contribution in [1.29, 1.82) is 0 Å². The van der Waals surface area contributed by atoms with E-state index in [1.165, 1.54) is 0 Å². The number of hydrogen-bond donors (Lipinski definition) is 1. The van der Waals surface area contributed by atoms with Crippen molar-refractivity contribution in [2.45, 2.75) is 13.0 Å². The van der Waals surface area contributed by atoms with E-state index in [1.807, 2.05) is 48.5 Å². The molecule has 1 aliphatic heterocycles. The number of morpholine rings is 1. The van der Waals surface area contributed by atoms with Gasteiger partial charge in [-0.25, -0.2) is 0 Å². The highest BCUT2D eigenvalue weighted by atomic mass is 35.5. The van der Waals surface area contributed by atoms with Crippen LogP contribution in [0.3, 0.4) is 0 Å². The lowest BCUT2D eigenvalue weighted by atomic mass is 10.2. The second kappa shape index (κ2) is 11.0. The molecule has 0 saturated carbocycles. The average Bonchev–Trinajstić information content (AvgIpc) is 2.71. The van der Waals surface area contributed by atoms with Crippen LogP contribution in [0, 0.1) is 0 Å². The molecule has 1 aliphatic rings. The van der Waals surface area contributed by atoms with E-state index < -0.39 is 0 Å². The van der Waals surface area contributed by atoms with Crippen LogP contribution in [0.2, 0.25) is 10.0 Å². The van der Waals surface area contributed by atoms with Crippen LogP contribution in [-0.4, -0.2) is 54.3 Å². The van der Waals surface area contributed by atoms with E-state index in [0.29, 0.717) is 16.7 Å². The number of hydrogen-bond acceptors (Lipinski definition) is 3. The number of ether oxygens (including phenoxy) is 1. The first-order valence-corrected chi connectivity index (χ1v) is 10.6. The Morgan fingerprint density at radius 3 is 2.50 bits per heavy atom. The monoisotopic (exact) mass is 437 g/mol. The molecule has 0 aromatic heterocycles. The van der Waals surface area contributed by atoms with Crippen LogP contribution in [0.15, 0.2) is 48.5 Å². The molecule has 0 bridgehead atoms. The topological polar surface area (TPSA) is 27.7 Å². The molecular formula is C21H25Cl2N3OS. The van der Waals surface area contributed by atoms with Gasteiger partial charge in [-0.3, -0.25) is 4.90 Å². The lowest BCUT2D eigenvalue weighted by molar-refractivity contribution is 0.0368. The summed E-state index contributed by atoms with van der Waals surface area (Å²) in [4.78, 5) is 4.61. The molecular weight excluding hydrogens is 413 g/mol. The van der Waals surface area contributed by atoms with Crippen molar-refractivity contribution in [3.8, 4) is 0 Å². The van der Waals surface area contributed by atoms with Crippen molar-refractivity contribution in [2.75, 3.05) is 44.7 Å². The summed E-state index contributed by atoms with van der Waals surface area (Å²) in [6.45, 7) is 6.19. The van der Waals surface area contributed by atoms with E-state index in [4.69, 9.17) is 40.2 Å². The van der Waals surface area contributed by atoms with Crippen molar-refractivity contribution in [3.63, 3.8) is 0 Å². The molecule has 150 valence electrons. The van der Waals surface area contributed by atoms with Crippen molar-refractivity contribution < 1.29 is 4.74 Å². The van der Waals surface area contributed by atoms with Crippen LogP contribution in [-0.2, 0) is 11.3 Å². The molecule has 1 fully saturated rings. The molecule has 4 nitrogen and oxygen atoms in total. The summed E-state index contributed by atoms with van der Waals surface area (Å²) in [5.74, 6) is 0. The third kappa shape index (κ3) is 6.61. The van der Waals surface area contributed by atoms with Gasteiger partial charge in [-0.05, 0) is 54.5 Å². The van der Waals surface area contributed by atoms with Crippen molar-refractivity contribution in [2.24, 2.45) is 0 Å². The van der Waals surface area contributed by atoms with Crippen LogP contribution in [0.5, 0.6) is 0 Å². The molecule has 7 heteroatoms. The van der Waals surface area contributed by atoms with Gasteiger partial charge < -0.3 is 15.0 Å². The zero-order valence-electron chi connectivity index (χ0n) is 15.7. The molecule has 0 spiro atoms. The normalized spacial score (nSPS) is 14.6. The van der Waals surface area contributed by atoms with Crippen LogP contribution in [0.1, 0.15) is 12.0 Å². The van der Waals surface area contributed by atoms with Gasteiger partial charge in [0, 0.05) is 48.5 Å². The van der Waals surface area contributed by atoms with Gasteiger partial charge in [0.25, 0.3) is 0 Å². The Labute approximate surface area is 182 Å². The molecule has 2 aromatic carbocycles. The Morgan fingerprint density at radius 2 is 1.79 bits per heavy atom. The fourth-order valence-corrected chi connectivity index (χ4v) is 3.73. The molecule has 2 aromatic rings. The number of thiocarbonyl (C=S) groups is 1. The zero-order valence-corrected chi connectivity index (χ0v) is 18.1. The van der Waals surface area contributed by atoms with Gasteiger partial charge in [0.05, 0.1) is 13.2 Å². The van der Waals surface area contributed by atoms with Gasteiger partial charge in [0.2, 0.25) is 0 Å². The Morgan fingerprint density at radius 1 is 1.07 bits per heavy atom. The lowest BCUT2D eigenvalue weighted by Gasteiger charge is -2.30. The highest BCUT2D eigenvalue weighted by Crippen LogP contribution is 2.19. The van der Waals surface area contributed by atoms with Gasteiger partial charge >= 0.3 is 0 Å². The molecule has 1 heterocycles. The third-order valence-electron chi connectivity index (χ3n) is 4.71. The number of anilines is 1. The summed E-state index contributed by atoms with van der Waals surface area (Å²) >= 11 is 18.1. The summed E-state index contributed by atoms with van der Waals surface area (Å²) in [6, 6.07) is 15.5. The molecule has 0 atom stereocenters. The van der Waals surface area contributed by atoms with E-state index >= 15 is 0 Å². The predicted octanol–water partition coefficient (Wildman–Crippen LogP) is 4.91. The summed E-state index contributed by atoms with van der Waals surface area (Å²) < 4.78 is 5.43. The fraction of sp³-hybridized carbons (Fsp3) is 0.381. The average molecular weight is 438 g/mol. The van der Waals surface area contributed by atoms with E-state index in [9.17, 15) is 0 Å².